The van der Waals surface area contributed by atoms with Crippen LogP contribution in [-0.2, 0) is 6.42 Å². The van der Waals surface area contributed by atoms with Gasteiger partial charge in [-0.15, -0.1) is 0 Å². The fourth-order valence-electron chi connectivity index (χ4n) is 1.95. The lowest BCUT2D eigenvalue weighted by Gasteiger charge is -2.17. The van der Waals surface area contributed by atoms with E-state index in [-0.39, 0.29) is 11.9 Å². The smallest absolute Gasteiger partial charge is 0.123 e. The number of hydrogen-bond acceptors (Lipinski definition) is 2. The molecule has 1 atom stereocenters. The molecule has 0 aliphatic heterocycles. The van der Waals surface area contributed by atoms with E-state index in [9.17, 15) is 4.39 Å². The number of nitrogens with one attached hydrogen (secondary N) is 1. The van der Waals surface area contributed by atoms with Gasteiger partial charge in [-0.25, -0.2) is 4.39 Å². The highest BCUT2D eigenvalue weighted by molar-refractivity contribution is 9.10. The molecule has 0 radical (unpaired) electrons. The Balaban J connectivity index is 2.21. The van der Waals surface area contributed by atoms with Crippen molar-refractivity contribution >= 4 is 27.3 Å². The van der Waals surface area contributed by atoms with Crippen molar-refractivity contribution in [3.8, 4) is 0 Å². The van der Waals surface area contributed by atoms with Crippen LogP contribution in [-0.4, -0.2) is 6.54 Å². The standard InChI is InChI=1S/C14H15BrFNS/c1-2-17-14(10-5-6-18-9-10)8-11-7-12(16)3-4-13(11)15/h3-7,9,14,17H,2,8H2,1H3. The van der Waals surface area contributed by atoms with E-state index >= 15 is 0 Å². The average molecular weight is 328 g/mol. The van der Waals surface area contributed by atoms with E-state index in [4.69, 9.17) is 0 Å². The zero-order valence-corrected chi connectivity index (χ0v) is 12.5. The number of hydrogen-bond donors (Lipinski definition) is 1. The quantitative estimate of drug-likeness (QED) is 0.849. The summed E-state index contributed by atoms with van der Waals surface area (Å²) in [5, 5.41) is 7.65. The molecule has 1 aromatic heterocycles. The van der Waals surface area contributed by atoms with Crippen LogP contribution in [0.4, 0.5) is 4.39 Å². The SMILES string of the molecule is CCNC(Cc1cc(F)ccc1Br)c1ccsc1. The summed E-state index contributed by atoms with van der Waals surface area (Å²) < 4.78 is 14.2. The molecule has 1 unspecified atom stereocenters. The van der Waals surface area contributed by atoms with Crippen molar-refractivity contribution in [1.29, 1.82) is 0 Å². The Bertz CT molecular complexity index is 499. The van der Waals surface area contributed by atoms with E-state index in [1.54, 1.807) is 23.5 Å². The molecule has 0 fully saturated rings. The van der Waals surface area contributed by atoms with Gasteiger partial charge in [0.25, 0.3) is 0 Å². The van der Waals surface area contributed by atoms with Gasteiger partial charge < -0.3 is 5.32 Å². The van der Waals surface area contributed by atoms with Gasteiger partial charge >= 0.3 is 0 Å². The van der Waals surface area contributed by atoms with Crippen molar-refractivity contribution in [2.45, 2.75) is 19.4 Å². The summed E-state index contributed by atoms with van der Waals surface area (Å²) in [5.74, 6) is -0.186. The molecule has 0 spiro atoms. The van der Waals surface area contributed by atoms with Crippen LogP contribution in [0.2, 0.25) is 0 Å². The first kappa shape index (κ1) is 13.7. The third kappa shape index (κ3) is 3.40. The molecular weight excluding hydrogens is 313 g/mol. The number of rotatable bonds is 5. The van der Waals surface area contributed by atoms with Crippen LogP contribution in [0.15, 0.2) is 39.5 Å². The molecule has 1 nitrogen and oxygen atoms in total. The van der Waals surface area contributed by atoms with Crippen LogP contribution in [0, 0.1) is 5.82 Å². The molecule has 0 saturated carbocycles. The summed E-state index contributed by atoms with van der Waals surface area (Å²) in [5.41, 5.74) is 2.25. The second kappa shape index (κ2) is 6.45. The summed E-state index contributed by atoms with van der Waals surface area (Å²) >= 11 is 5.17. The zero-order chi connectivity index (χ0) is 13.0. The van der Waals surface area contributed by atoms with Gasteiger partial charge in [0, 0.05) is 10.5 Å². The normalized spacial score (nSPS) is 12.6. The molecule has 4 heteroatoms. The Morgan fingerprint density at radius 1 is 1.39 bits per heavy atom. The summed E-state index contributed by atoms with van der Waals surface area (Å²) in [6.45, 7) is 2.98. The molecule has 96 valence electrons. The first-order valence-corrected chi connectivity index (χ1v) is 7.63. The minimum Gasteiger partial charge on any atom is -0.310 e. The third-order valence-corrected chi connectivity index (χ3v) is 4.30. The first-order valence-electron chi connectivity index (χ1n) is 5.90. The van der Waals surface area contributed by atoms with E-state index in [0.717, 1.165) is 23.0 Å². The average Bonchev–Trinajstić information content (AvgIpc) is 2.87. The zero-order valence-electron chi connectivity index (χ0n) is 10.1. The van der Waals surface area contributed by atoms with Gasteiger partial charge in [0.05, 0.1) is 0 Å². The molecule has 0 aliphatic rings. The van der Waals surface area contributed by atoms with E-state index in [1.807, 2.05) is 0 Å². The maximum atomic E-state index is 13.3. The highest BCUT2D eigenvalue weighted by Gasteiger charge is 2.13. The van der Waals surface area contributed by atoms with Gasteiger partial charge in [0.1, 0.15) is 5.82 Å². The van der Waals surface area contributed by atoms with Crippen LogP contribution in [0.25, 0.3) is 0 Å². The van der Waals surface area contributed by atoms with E-state index in [0.29, 0.717) is 0 Å². The molecule has 0 aliphatic carbocycles. The van der Waals surface area contributed by atoms with Gasteiger partial charge in [-0.2, -0.15) is 11.3 Å². The molecule has 0 bridgehead atoms. The molecule has 0 amide bonds. The van der Waals surface area contributed by atoms with Crippen molar-refractivity contribution in [2.24, 2.45) is 0 Å². The van der Waals surface area contributed by atoms with Crippen molar-refractivity contribution in [2.75, 3.05) is 6.54 Å². The van der Waals surface area contributed by atoms with Crippen LogP contribution >= 0.6 is 27.3 Å². The second-order valence-electron chi connectivity index (χ2n) is 4.11. The van der Waals surface area contributed by atoms with Crippen molar-refractivity contribution < 1.29 is 4.39 Å². The topological polar surface area (TPSA) is 12.0 Å². The summed E-state index contributed by atoms with van der Waals surface area (Å²) in [7, 11) is 0. The van der Waals surface area contributed by atoms with Gasteiger partial charge in [-0.05, 0) is 59.1 Å². The highest BCUT2D eigenvalue weighted by atomic mass is 79.9. The van der Waals surface area contributed by atoms with E-state index < -0.39 is 0 Å². The molecule has 2 rings (SSSR count). The summed E-state index contributed by atoms with van der Waals surface area (Å²) in [6, 6.07) is 7.19. The minimum absolute atomic E-state index is 0.186. The first-order chi connectivity index (χ1) is 8.70. The van der Waals surface area contributed by atoms with Crippen LogP contribution in [0.3, 0.4) is 0 Å². The number of likely N-dealkylation sites (N-methyl/N-ethyl adjacent to an activating group) is 1. The van der Waals surface area contributed by atoms with Gasteiger partial charge in [-0.3, -0.25) is 0 Å². The predicted octanol–water partition coefficient (Wildman–Crippen LogP) is 4.54. The van der Waals surface area contributed by atoms with Gasteiger partial charge in [-0.1, -0.05) is 22.9 Å². The summed E-state index contributed by atoms with van der Waals surface area (Å²) in [4.78, 5) is 0. The van der Waals surface area contributed by atoms with E-state index in [2.05, 4.69) is 45.0 Å². The Morgan fingerprint density at radius 2 is 2.22 bits per heavy atom. The Labute approximate surface area is 119 Å². The molecule has 18 heavy (non-hydrogen) atoms. The number of benzene rings is 1. The minimum atomic E-state index is -0.186. The molecule has 0 saturated heterocycles. The Hall–Kier alpha value is -0.710. The number of halogens is 2. The molecule has 2 aromatic rings. The Morgan fingerprint density at radius 3 is 2.89 bits per heavy atom. The fraction of sp³-hybridized carbons (Fsp3) is 0.286. The van der Waals surface area contributed by atoms with Crippen LogP contribution < -0.4 is 5.32 Å². The Kier molecular flexibility index (Phi) is 4.92. The fourth-order valence-corrected chi connectivity index (χ4v) is 3.07. The third-order valence-electron chi connectivity index (χ3n) is 2.83. The van der Waals surface area contributed by atoms with Crippen LogP contribution in [0.1, 0.15) is 24.1 Å². The number of thiophene rings is 1. The molecule has 1 heterocycles. The van der Waals surface area contributed by atoms with Crippen LogP contribution in [0.5, 0.6) is 0 Å². The lowest BCUT2D eigenvalue weighted by molar-refractivity contribution is 0.547. The van der Waals surface area contributed by atoms with Gasteiger partial charge in [0.2, 0.25) is 0 Å². The van der Waals surface area contributed by atoms with Gasteiger partial charge in [0.15, 0.2) is 0 Å². The molecule has 1 N–H and O–H groups in total. The predicted molar refractivity (Wildman–Crippen MR) is 78.5 cm³/mol. The monoisotopic (exact) mass is 327 g/mol. The molecular formula is C14H15BrFNS. The van der Waals surface area contributed by atoms with Crippen molar-refractivity contribution in [3.05, 3.63) is 56.4 Å². The lowest BCUT2D eigenvalue weighted by Crippen LogP contribution is -2.22. The maximum absolute atomic E-state index is 13.3. The summed E-state index contributed by atoms with van der Waals surface area (Å²) in [6.07, 6.45) is 0.781. The maximum Gasteiger partial charge on any atom is 0.123 e. The van der Waals surface area contributed by atoms with Crippen molar-refractivity contribution in [1.82, 2.24) is 5.32 Å². The molecule has 1 aromatic carbocycles. The highest BCUT2D eigenvalue weighted by Crippen LogP contribution is 2.25. The largest absolute Gasteiger partial charge is 0.310 e. The second-order valence-corrected chi connectivity index (χ2v) is 5.74. The lowest BCUT2D eigenvalue weighted by atomic mass is 10.0. The van der Waals surface area contributed by atoms with E-state index in [1.165, 1.54) is 11.6 Å². The van der Waals surface area contributed by atoms with Crippen molar-refractivity contribution in [3.63, 3.8) is 0 Å².